The van der Waals surface area contributed by atoms with Crippen molar-refractivity contribution < 1.29 is 27.5 Å². The second-order valence-corrected chi connectivity index (χ2v) is 11.6. The molecular formula is C26H30N2O6S. The van der Waals surface area contributed by atoms with Gasteiger partial charge < -0.3 is 14.4 Å². The SMILES string of the molecule is COc1ccc(N2CCCC2=O)cc1S(=O)(=O)N1CCC2(CC1)CC(=O)c1cc(C)c(C)cc1O2. The second-order valence-electron chi connectivity index (χ2n) is 9.71. The van der Waals surface area contributed by atoms with Crippen molar-refractivity contribution in [1.82, 2.24) is 4.31 Å². The molecule has 0 N–H and O–H groups in total. The third kappa shape index (κ3) is 4.10. The van der Waals surface area contributed by atoms with E-state index in [0.29, 0.717) is 42.8 Å². The van der Waals surface area contributed by atoms with Gasteiger partial charge in [0.05, 0.1) is 19.1 Å². The van der Waals surface area contributed by atoms with Gasteiger partial charge in [0, 0.05) is 44.6 Å². The maximum Gasteiger partial charge on any atom is 0.246 e. The van der Waals surface area contributed by atoms with Gasteiger partial charge in [-0.15, -0.1) is 0 Å². The largest absolute Gasteiger partial charge is 0.495 e. The number of piperidine rings is 1. The number of benzene rings is 2. The Kier molecular flexibility index (Phi) is 5.88. The molecule has 3 aliphatic rings. The Balaban J connectivity index is 1.39. The molecule has 0 aromatic heterocycles. The van der Waals surface area contributed by atoms with Gasteiger partial charge in [-0.25, -0.2) is 8.42 Å². The summed E-state index contributed by atoms with van der Waals surface area (Å²) < 4.78 is 40.5. The molecule has 5 rings (SSSR count). The maximum atomic E-state index is 13.7. The van der Waals surface area contributed by atoms with Crippen molar-refractivity contribution in [3.8, 4) is 11.5 Å². The molecule has 0 radical (unpaired) electrons. The van der Waals surface area contributed by atoms with Gasteiger partial charge in [-0.05, 0) is 61.7 Å². The molecule has 0 saturated carbocycles. The minimum absolute atomic E-state index is 0.0109. The van der Waals surface area contributed by atoms with Crippen molar-refractivity contribution in [3.63, 3.8) is 0 Å². The predicted octanol–water partition coefficient (Wildman–Crippen LogP) is 3.63. The van der Waals surface area contributed by atoms with Crippen LogP contribution in [0.4, 0.5) is 5.69 Å². The summed E-state index contributed by atoms with van der Waals surface area (Å²) in [5, 5.41) is 0. The minimum Gasteiger partial charge on any atom is -0.495 e. The first kappa shape index (κ1) is 23.8. The lowest BCUT2D eigenvalue weighted by atomic mass is 9.82. The van der Waals surface area contributed by atoms with E-state index in [1.807, 2.05) is 26.0 Å². The number of nitrogens with zero attached hydrogens (tertiary/aromatic N) is 2. The summed E-state index contributed by atoms with van der Waals surface area (Å²) in [6, 6.07) is 8.63. The van der Waals surface area contributed by atoms with Gasteiger partial charge >= 0.3 is 0 Å². The smallest absolute Gasteiger partial charge is 0.246 e. The quantitative estimate of drug-likeness (QED) is 0.639. The van der Waals surface area contributed by atoms with Crippen LogP contribution in [0.3, 0.4) is 0 Å². The van der Waals surface area contributed by atoms with E-state index in [-0.39, 0.29) is 41.8 Å². The number of carbonyl (C=O) groups excluding carboxylic acids is 2. The van der Waals surface area contributed by atoms with E-state index in [2.05, 4.69) is 0 Å². The van der Waals surface area contributed by atoms with E-state index in [1.165, 1.54) is 17.5 Å². The molecule has 35 heavy (non-hydrogen) atoms. The van der Waals surface area contributed by atoms with Crippen LogP contribution >= 0.6 is 0 Å². The van der Waals surface area contributed by atoms with Crippen molar-refractivity contribution >= 4 is 27.4 Å². The van der Waals surface area contributed by atoms with Crippen LogP contribution in [0.25, 0.3) is 0 Å². The Morgan fingerprint density at radius 2 is 1.71 bits per heavy atom. The van der Waals surface area contributed by atoms with Crippen molar-refractivity contribution in [2.24, 2.45) is 0 Å². The van der Waals surface area contributed by atoms with E-state index in [9.17, 15) is 18.0 Å². The fraction of sp³-hybridized carbons (Fsp3) is 0.462. The van der Waals surface area contributed by atoms with Crippen LogP contribution in [0.2, 0.25) is 0 Å². The molecule has 3 heterocycles. The first-order chi connectivity index (χ1) is 16.6. The van der Waals surface area contributed by atoms with Crippen molar-refractivity contribution in [2.75, 3.05) is 31.6 Å². The van der Waals surface area contributed by atoms with Crippen molar-refractivity contribution in [3.05, 3.63) is 47.0 Å². The van der Waals surface area contributed by atoms with Crippen LogP contribution in [0.5, 0.6) is 11.5 Å². The van der Waals surface area contributed by atoms with E-state index in [4.69, 9.17) is 9.47 Å². The summed E-state index contributed by atoms with van der Waals surface area (Å²) in [5.41, 5.74) is 2.56. The molecule has 2 saturated heterocycles. The Morgan fingerprint density at radius 3 is 2.37 bits per heavy atom. The van der Waals surface area contributed by atoms with Crippen LogP contribution < -0.4 is 14.4 Å². The molecular weight excluding hydrogens is 468 g/mol. The van der Waals surface area contributed by atoms with Gasteiger partial charge in [0.2, 0.25) is 15.9 Å². The van der Waals surface area contributed by atoms with E-state index >= 15 is 0 Å². The summed E-state index contributed by atoms with van der Waals surface area (Å²) in [4.78, 5) is 26.8. The number of amides is 1. The zero-order valence-corrected chi connectivity index (χ0v) is 21.1. The number of methoxy groups -OCH3 is 1. The van der Waals surface area contributed by atoms with Crippen molar-refractivity contribution in [2.45, 2.75) is 56.4 Å². The van der Waals surface area contributed by atoms with Gasteiger partial charge in [0.1, 0.15) is 22.0 Å². The molecule has 2 aromatic carbocycles. The number of aryl methyl sites for hydroxylation is 2. The lowest BCUT2D eigenvalue weighted by molar-refractivity contribution is -0.117. The van der Waals surface area contributed by atoms with Gasteiger partial charge in [-0.1, -0.05) is 0 Å². The maximum absolute atomic E-state index is 13.7. The van der Waals surface area contributed by atoms with Gasteiger partial charge in [0.15, 0.2) is 5.78 Å². The predicted molar refractivity (Wildman–Crippen MR) is 131 cm³/mol. The van der Waals surface area contributed by atoms with E-state index in [0.717, 1.165) is 17.5 Å². The lowest BCUT2D eigenvalue weighted by Crippen LogP contribution is -2.52. The molecule has 0 aliphatic carbocycles. The number of Topliss-reactive ketones (excluding diaryl/α,β-unsaturated/α-hetero) is 1. The number of sulfonamides is 1. The number of ether oxygens (including phenoxy) is 2. The molecule has 1 spiro atoms. The summed E-state index contributed by atoms with van der Waals surface area (Å²) in [6.07, 6.45) is 2.28. The summed E-state index contributed by atoms with van der Waals surface area (Å²) in [5.74, 6) is 0.855. The monoisotopic (exact) mass is 498 g/mol. The fourth-order valence-electron chi connectivity index (χ4n) is 5.26. The molecule has 2 aromatic rings. The van der Waals surface area contributed by atoms with Crippen molar-refractivity contribution in [1.29, 1.82) is 0 Å². The molecule has 0 atom stereocenters. The average molecular weight is 499 g/mol. The fourth-order valence-corrected chi connectivity index (χ4v) is 6.87. The first-order valence-corrected chi connectivity index (χ1v) is 13.4. The minimum atomic E-state index is -3.89. The molecule has 1 amide bonds. The molecule has 0 bridgehead atoms. The summed E-state index contributed by atoms with van der Waals surface area (Å²) in [7, 11) is -2.45. The zero-order valence-electron chi connectivity index (χ0n) is 20.3. The Morgan fingerprint density at radius 1 is 1.00 bits per heavy atom. The van der Waals surface area contributed by atoms with Crippen LogP contribution in [0.15, 0.2) is 35.2 Å². The van der Waals surface area contributed by atoms with Gasteiger partial charge in [-0.3, -0.25) is 9.59 Å². The number of carbonyl (C=O) groups is 2. The number of ketones is 1. The van der Waals surface area contributed by atoms with Gasteiger partial charge in [-0.2, -0.15) is 4.31 Å². The standard InChI is InChI=1S/C26H30N2O6S/c1-17-13-20-21(29)16-26(34-23(20)14-18(17)2)8-11-27(12-9-26)35(31,32)24-15-19(6-7-22(24)33-3)28-10-4-5-25(28)30/h6-7,13-15H,4-5,8-12,16H2,1-3H3. The highest BCUT2D eigenvalue weighted by molar-refractivity contribution is 7.89. The molecule has 2 fully saturated rings. The number of anilines is 1. The third-order valence-electron chi connectivity index (χ3n) is 7.49. The number of hydrogen-bond acceptors (Lipinski definition) is 6. The first-order valence-electron chi connectivity index (χ1n) is 12.0. The topological polar surface area (TPSA) is 93.2 Å². The zero-order chi connectivity index (χ0) is 25.0. The number of hydrogen-bond donors (Lipinski definition) is 0. The highest BCUT2D eigenvalue weighted by Crippen LogP contribution is 2.42. The second kappa shape index (κ2) is 8.64. The highest BCUT2D eigenvalue weighted by Gasteiger charge is 2.45. The molecule has 0 unspecified atom stereocenters. The molecule has 3 aliphatic heterocycles. The Bertz CT molecular complexity index is 1310. The van der Waals surface area contributed by atoms with Crippen LogP contribution in [0, 0.1) is 13.8 Å². The summed E-state index contributed by atoms with van der Waals surface area (Å²) >= 11 is 0. The van der Waals surface area contributed by atoms with Crippen LogP contribution in [0.1, 0.15) is 53.6 Å². The van der Waals surface area contributed by atoms with E-state index < -0.39 is 15.6 Å². The Labute approximate surface area is 205 Å². The highest BCUT2D eigenvalue weighted by atomic mass is 32.2. The number of rotatable bonds is 4. The molecule has 186 valence electrons. The normalized spacial score (nSPS) is 20.1. The van der Waals surface area contributed by atoms with E-state index in [1.54, 1.807) is 17.0 Å². The lowest BCUT2D eigenvalue weighted by Gasteiger charge is -2.43. The summed E-state index contributed by atoms with van der Waals surface area (Å²) in [6.45, 7) is 4.98. The van der Waals surface area contributed by atoms with Crippen LogP contribution in [-0.4, -0.2) is 56.8 Å². The molecule has 8 nitrogen and oxygen atoms in total. The van der Waals surface area contributed by atoms with Gasteiger partial charge in [0.25, 0.3) is 0 Å². The Hall–Kier alpha value is -2.91. The molecule has 9 heteroatoms. The third-order valence-corrected chi connectivity index (χ3v) is 9.41. The van der Waals surface area contributed by atoms with Crippen LogP contribution in [-0.2, 0) is 14.8 Å². The average Bonchev–Trinajstić information content (AvgIpc) is 3.26. The number of fused-ring (bicyclic) bond motifs is 1.